The highest BCUT2D eigenvalue weighted by Crippen LogP contribution is 2.31. The van der Waals surface area contributed by atoms with Gasteiger partial charge in [-0.15, -0.1) is 0 Å². The lowest BCUT2D eigenvalue weighted by Crippen LogP contribution is -2.16. The van der Waals surface area contributed by atoms with Crippen LogP contribution >= 0.6 is 23.2 Å². The van der Waals surface area contributed by atoms with Gasteiger partial charge in [-0.3, -0.25) is 4.79 Å². The second-order valence-electron chi connectivity index (χ2n) is 6.83. The first-order valence-electron chi connectivity index (χ1n) is 9.38. The fourth-order valence-electron chi connectivity index (χ4n) is 3.37. The maximum Gasteiger partial charge on any atom is 0.307 e. The Morgan fingerprint density at radius 1 is 0.903 bits per heavy atom. The molecule has 152 valence electrons. The smallest absolute Gasteiger partial charge is 0.307 e. The normalized spacial score (nSPS) is 11.5. The van der Waals surface area contributed by atoms with Gasteiger partial charge in [0.1, 0.15) is 17.1 Å². The third-order valence-electron chi connectivity index (χ3n) is 4.83. The third-order valence-corrected chi connectivity index (χ3v) is 5.38. The Morgan fingerprint density at radius 3 is 2.65 bits per heavy atom. The van der Waals surface area contributed by atoms with Crippen LogP contribution in [0.3, 0.4) is 0 Å². The summed E-state index contributed by atoms with van der Waals surface area (Å²) >= 11 is 12.1. The fraction of sp³-hybridized carbons (Fsp3) is 0. The van der Waals surface area contributed by atoms with E-state index >= 15 is 0 Å². The number of hydrogen-bond acceptors (Lipinski definition) is 4. The number of halogens is 2. The van der Waals surface area contributed by atoms with E-state index < -0.39 is 5.91 Å². The molecule has 5 rings (SSSR count). The number of fused-ring (bicyclic) bond motifs is 3. The Balaban J connectivity index is 1.33. The number of hydrogen-bond donors (Lipinski definition) is 1. The van der Waals surface area contributed by atoms with Crippen LogP contribution in [-0.2, 0) is 0 Å². The summed E-state index contributed by atoms with van der Waals surface area (Å²) in [7, 11) is 0. The molecule has 3 aromatic carbocycles. The summed E-state index contributed by atoms with van der Waals surface area (Å²) in [4.78, 5) is 12.5. The van der Waals surface area contributed by atoms with E-state index in [9.17, 15) is 4.79 Å². The van der Waals surface area contributed by atoms with Crippen LogP contribution in [0, 0.1) is 0 Å². The lowest BCUT2D eigenvalue weighted by atomic mass is 10.1. The van der Waals surface area contributed by atoms with Crippen molar-refractivity contribution in [3.63, 3.8) is 0 Å². The molecule has 0 atom stereocenters. The van der Waals surface area contributed by atoms with Gasteiger partial charge >= 0.3 is 5.91 Å². The minimum atomic E-state index is -0.455. The van der Waals surface area contributed by atoms with Crippen LogP contribution in [0.5, 0.6) is 0 Å². The van der Waals surface area contributed by atoms with Crippen LogP contribution in [0.15, 0.2) is 86.7 Å². The van der Waals surface area contributed by atoms with Gasteiger partial charge < -0.3 is 8.83 Å². The van der Waals surface area contributed by atoms with E-state index in [-0.39, 0.29) is 5.76 Å². The zero-order chi connectivity index (χ0) is 21.4. The van der Waals surface area contributed by atoms with Gasteiger partial charge in [0.25, 0.3) is 0 Å². The minimum absolute atomic E-state index is 0.177. The highest BCUT2D eigenvalue weighted by atomic mass is 35.5. The Kier molecular flexibility index (Phi) is 4.98. The molecule has 31 heavy (non-hydrogen) atoms. The topological polar surface area (TPSA) is 67.7 Å². The Hall–Kier alpha value is -3.54. The van der Waals surface area contributed by atoms with Crippen LogP contribution in [0.2, 0.25) is 10.0 Å². The van der Waals surface area contributed by atoms with Crippen molar-refractivity contribution in [1.29, 1.82) is 0 Å². The van der Waals surface area contributed by atoms with Gasteiger partial charge in [-0.2, -0.15) is 5.10 Å². The average molecular weight is 449 g/mol. The van der Waals surface area contributed by atoms with Crippen molar-refractivity contribution in [2.45, 2.75) is 0 Å². The quantitative estimate of drug-likeness (QED) is 0.239. The first kappa shape index (κ1) is 19.4. The number of rotatable bonds is 4. The molecule has 7 heteroatoms. The molecular formula is C24H14Cl2N2O3. The first-order valence-corrected chi connectivity index (χ1v) is 10.1. The number of amides is 1. The van der Waals surface area contributed by atoms with Gasteiger partial charge in [-0.25, -0.2) is 5.43 Å². The molecular weight excluding hydrogens is 435 g/mol. The van der Waals surface area contributed by atoms with Gasteiger partial charge in [0.15, 0.2) is 5.76 Å². The maximum absolute atomic E-state index is 12.5. The molecule has 0 aliphatic rings. The van der Waals surface area contributed by atoms with Gasteiger partial charge in [-0.05, 0) is 53.2 Å². The summed E-state index contributed by atoms with van der Waals surface area (Å²) in [5.74, 6) is 0.746. The highest BCUT2D eigenvalue weighted by molar-refractivity contribution is 6.36. The van der Waals surface area contributed by atoms with E-state index in [0.717, 1.165) is 16.2 Å². The van der Waals surface area contributed by atoms with Crippen LogP contribution in [0.4, 0.5) is 0 Å². The van der Waals surface area contributed by atoms with Crippen molar-refractivity contribution in [3.8, 4) is 11.3 Å². The number of carbonyl (C=O) groups is 1. The minimum Gasteiger partial charge on any atom is -0.455 e. The van der Waals surface area contributed by atoms with Gasteiger partial charge in [-0.1, -0.05) is 53.5 Å². The summed E-state index contributed by atoms with van der Waals surface area (Å²) in [5.41, 5.74) is 3.81. The number of benzene rings is 3. The van der Waals surface area contributed by atoms with Crippen molar-refractivity contribution < 1.29 is 13.6 Å². The molecule has 0 spiro atoms. The van der Waals surface area contributed by atoms with Crippen LogP contribution in [0.1, 0.15) is 16.3 Å². The second kappa shape index (κ2) is 7.95. The summed E-state index contributed by atoms with van der Waals surface area (Å²) in [6.07, 6.45) is 1.41. The summed E-state index contributed by atoms with van der Waals surface area (Å²) in [5, 5.41) is 7.97. The van der Waals surface area contributed by atoms with E-state index in [2.05, 4.69) is 10.5 Å². The molecule has 0 saturated carbocycles. The van der Waals surface area contributed by atoms with Crippen molar-refractivity contribution in [2.24, 2.45) is 5.10 Å². The number of furan rings is 2. The number of nitrogens with one attached hydrogen (secondary N) is 1. The molecule has 0 unspecified atom stereocenters. The molecule has 1 N–H and O–H groups in total. The fourth-order valence-corrected chi connectivity index (χ4v) is 3.87. The number of nitrogens with zero attached hydrogens (tertiary/aromatic N) is 1. The predicted molar refractivity (Wildman–Crippen MR) is 123 cm³/mol. The van der Waals surface area contributed by atoms with Crippen molar-refractivity contribution in [3.05, 3.63) is 94.4 Å². The van der Waals surface area contributed by atoms with Crippen LogP contribution in [-0.4, -0.2) is 12.1 Å². The lowest BCUT2D eigenvalue weighted by molar-refractivity contribution is 0.0929. The van der Waals surface area contributed by atoms with Gasteiger partial charge in [0.2, 0.25) is 0 Å². The molecule has 0 aliphatic carbocycles. The van der Waals surface area contributed by atoms with Crippen LogP contribution in [0.25, 0.3) is 33.1 Å². The van der Waals surface area contributed by atoms with Crippen molar-refractivity contribution in [1.82, 2.24) is 5.43 Å². The van der Waals surface area contributed by atoms with E-state index in [1.165, 1.54) is 6.21 Å². The summed E-state index contributed by atoms with van der Waals surface area (Å²) in [6, 6.07) is 22.1. The molecule has 5 nitrogen and oxygen atoms in total. The second-order valence-corrected chi connectivity index (χ2v) is 7.68. The first-order chi connectivity index (χ1) is 15.1. The molecule has 0 radical (unpaired) electrons. The van der Waals surface area contributed by atoms with Gasteiger partial charge in [0.05, 0.1) is 11.2 Å². The maximum atomic E-state index is 12.5. The number of carbonyl (C=O) groups excluding carboxylic acids is 1. The van der Waals surface area contributed by atoms with E-state index in [0.29, 0.717) is 32.7 Å². The Bertz CT molecular complexity index is 1470. The Morgan fingerprint density at radius 2 is 1.77 bits per heavy atom. The van der Waals surface area contributed by atoms with Crippen molar-refractivity contribution in [2.75, 3.05) is 0 Å². The third kappa shape index (κ3) is 3.81. The monoisotopic (exact) mass is 448 g/mol. The number of hydrazone groups is 1. The lowest BCUT2D eigenvalue weighted by Gasteiger charge is -2.00. The molecule has 0 aliphatic heterocycles. The predicted octanol–water partition coefficient (Wildman–Crippen LogP) is 6.92. The molecule has 0 fully saturated rings. The molecule has 5 aromatic rings. The average Bonchev–Trinajstić information content (AvgIpc) is 3.41. The van der Waals surface area contributed by atoms with Crippen molar-refractivity contribution >= 4 is 57.1 Å². The van der Waals surface area contributed by atoms with Gasteiger partial charge in [0, 0.05) is 16.0 Å². The summed E-state index contributed by atoms with van der Waals surface area (Å²) in [6.45, 7) is 0. The molecule has 1 amide bonds. The largest absolute Gasteiger partial charge is 0.455 e. The Labute approximate surface area is 186 Å². The highest BCUT2D eigenvalue weighted by Gasteiger charge is 2.13. The molecule has 0 saturated heterocycles. The zero-order valence-corrected chi connectivity index (χ0v) is 17.4. The van der Waals surface area contributed by atoms with E-state index in [1.54, 1.807) is 36.4 Å². The summed E-state index contributed by atoms with van der Waals surface area (Å²) < 4.78 is 11.4. The molecule has 2 aromatic heterocycles. The van der Waals surface area contributed by atoms with E-state index in [1.807, 2.05) is 36.4 Å². The van der Waals surface area contributed by atoms with Crippen LogP contribution < -0.4 is 5.43 Å². The molecule has 0 bridgehead atoms. The standard InChI is InChI=1S/C24H14Cl2N2O3/c25-15-6-8-18(20(26)11-15)21-10-7-16(30-21)13-27-28-24(29)23-12-19-17-4-2-1-3-14(17)5-9-22(19)31-23/h1-13H,(H,28,29)/b27-13-. The van der Waals surface area contributed by atoms with E-state index in [4.69, 9.17) is 32.0 Å². The zero-order valence-electron chi connectivity index (χ0n) is 15.9. The SMILES string of the molecule is O=C(N/N=C\c1ccc(-c2ccc(Cl)cc2Cl)o1)c1cc2c(ccc3ccccc32)o1. The molecule has 2 heterocycles.